The Morgan fingerprint density at radius 2 is 1.60 bits per heavy atom. The highest BCUT2D eigenvalue weighted by Gasteiger charge is 2.60. The average molecular weight is 873 g/mol. The number of hydrogen-bond acceptors (Lipinski definition) is 14. The summed E-state index contributed by atoms with van der Waals surface area (Å²) in [6, 6.07) is 0. The summed E-state index contributed by atoms with van der Waals surface area (Å²) in [6.45, 7) is 16.1. The highest BCUT2D eigenvalue weighted by Crippen LogP contribution is 2.47. The number of carbonyl (C=O) groups excluding carboxylic acids is 1. The number of esters is 1. The van der Waals surface area contributed by atoms with Gasteiger partial charge in [-0.3, -0.25) is 4.79 Å². The molecule has 6 heterocycles. The molecule has 62 heavy (non-hydrogen) atoms. The number of rotatable bonds is 8. The Morgan fingerprint density at radius 1 is 0.887 bits per heavy atom. The number of aliphatic hydroxyl groups is 3. The molecule has 14 nitrogen and oxygen atoms in total. The van der Waals surface area contributed by atoms with Gasteiger partial charge < -0.3 is 62.7 Å². The fraction of sp³-hybridized carbons (Fsp3) is 0.771. The van der Waals surface area contributed by atoms with Crippen molar-refractivity contribution in [3.8, 4) is 0 Å². The quantitative estimate of drug-likeness (QED) is 0.210. The first kappa shape index (κ1) is 47.6. The molecule has 4 saturated heterocycles. The summed E-state index contributed by atoms with van der Waals surface area (Å²) in [5, 5.41) is 34.2. The van der Waals surface area contributed by atoms with Gasteiger partial charge in [0.15, 0.2) is 18.4 Å². The van der Waals surface area contributed by atoms with Crippen LogP contribution in [-0.4, -0.2) is 139 Å². The molecule has 0 amide bonds. The summed E-state index contributed by atoms with van der Waals surface area (Å²) < 4.78 is 63.7. The van der Waals surface area contributed by atoms with Gasteiger partial charge in [-0.1, -0.05) is 70.6 Å². The first-order valence-electron chi connectivity index (χ1n) is 22.9. The summed E-state index contributed by atoms with van der Waals surface area (Å²) in [7, 11) is 3.22. The molecule has 20 atom stereocenters. The molecule has 3 N–H and O–H groups in total. The van der Waals surface area contributed by atoms with Gasteiger partial charge in [-0.2, -0.15) is 0 Å². The van der Waals surface area contributed by atoms with E-state index in [4.69, 9.17) is 47.4 Å². The molecule has 1 spiro atoms. The van der Waals surface area contributed by atoms with E-state index in [1.54, 1.807) is 40.2 Å². The van der Waals surface area contributed by atoms with Crippen LogP contribution in [0.2, 0.25) is 0 Å². The zero-order chi connectivity index (χ0) is 44.7. The van der Waals surface area contributed by atoms with E-state index in [2.05, 4.69) is 39.8 Å². The van der Waals surface area contributed by atoms with E-state index in [1.807, 2.05) is 32.1 Å². The predicted molar refractivity (Wildman–Crippen MR) is 227 cm³/mol. The number of hydrogen-bond donors (Lipinski definition) is 3. The third kappa shape index (κ3) is 9.64. The van der Waals surface area contributed by atoms with Gasteiger partial charge >= 0.3 is 5.97 Å². The number of ether oxygens (including phenoxy) is 10. The Labute approximate surface area is 367 Å². The van der Waals surface area contributed by atoms with Crippen molar-refractivity contribution < 1.29 is 67.5 Å². The maximum Gasteiger partial charge on any atom is 0.316 e. The van der Waals surface area contributed by atoms with Gasteiger partial charge in [0.25, 0.3) is 0 Å². The van der Waals surface area contributed by atoms with Gasteiger partial charge in [0.2, 0.25) is 0 Å². The standard InChI is InChI=1S/C48H72O14/c1-11-25(2)43-28(5)17-18-47(62-43)23-34-20-33(61-47)16-15-27(4)42(26(3)13-12-14-32-24-55-45-40(49)29(6)19-35(46(51)58-34)48(32,45)52)59-39-22-37(54-10)44(31(8)57-39)60-38-21-36(53-9)41(50)30(7)56-38/h12-15,17-19,25-26,28,30-31,33-45,49-50,52H,11,16,20-24H2,1-10H3/t25-,26+,28+,30+,31+,33-,34+,35+,36+,37+,38+,39-,40?,41+,42+,43-,44-,45-,47-,48-/m1/s1. The van der Waals surface area contributed by atoms with Crippen molar-refractivity contribution in [1.29, 1.82) is 0 Å². The normalized spacial score (nSPS) is 47.0. The van der Waals surface area contributed by atoms with Crippen molar-refractivity contribution in [2.75, 3.05) is 20.8 Å². The molecule has 2 bridgehead atoms. The lowest BCUT2D eigenvalue weighted by Crippen LogP contribution is -2.58. The minimum atomic E-state index is -1.84. The zero-order valence-electron chi connectivity index (χ0n) is 38.2. The van der Waals surface area contributed by atoms with E-state index in [0.29, 0.717) is 43.3 Å². The van der Waals surface area contributed by atoms with Crippen LogP contribution in [0.1, 0.15) is 93.9 Å². The number of allylic oxidation sites excluding steroid dienone is 2. The van der Waals surface area contributed by atoms with Gasteiger partial charge in [-0.05, 0) is 62.8 Å². The largest absolute Gasteiger partial charge is 0.462 e. The van der Waals surface area contributed by atoms with Crippen molar-refractivity contribution >= 4 is 5.97 Å². The SMILES string of the molecule is CC[C@@H](C)[C@H]1O[C@]2(C=C[C@@H]1C)C[C@@H]1C[C@@H](CC=C(C)[C@@H](O[C@@H]3C[C@H](OC)[C@H](O[C@H]4C[C@H](OC)[C@@H](O)[C@H](C)O4)[C@H](C)O3)[C@@H](C)C=CC=C3CO[C@@H]4C(O)C(C)=C[C@@H](C(=O)O1)[C@]34O)O2. The van der Waals surface area contributed by atoms with Crippen LogP contribution in [0.25, 0.3) is 0 Å². The van der Waals surface area contributed by atoms with Crippen molar-refractivity contribution in [2.45, 2.75) is 191 Å². The van der Waals surface area contributed by atoms with Gasteiger partial charge in [0, 0.05) is 51.7 Å². The molecule has 348 valence electrons. The molecule has 7 rings (SSSR count). The summed E-state index contributed by atoms with van der Waals surface area (Å²) in [4.78, 5) is 14.3. The number of methoxy groups -OCH3 is 2. The lowest BCUT2D eigenvalue weighted by molar-refractivity contribution is -0.318. The molecule has 6 aliphatic heterocycles. The number of fused-ring (bicyclic) bond motifs is 2. The summed E-state index contributed by atoms with van der Waals surface area (Å²) in [6.07, 6.45) is 8.55. The molecule has 14 heteroatoms. The van der Waals surface area contributed by atoms with Gasteiger partial charge in [0.05, 0.1) is 49.3 Å². The zero-order valence-corrected chi connectivity index (χ0v) is 38.2. The molecule has 0 saturated carbocycles. The molecule has 0 aromatic heterocycles. The second-order valence-corrected chi connectivity index (χ2v) is 19.0. The molecule has 0 aromatic rings. The third-order valence-electron chi connectivity index (χ3n) is 14.5. The van der Waals surface area contributed by atoms with Crippen molar-refractivity contribution in [3.63, 3.8) is 0 Å². The summed E-state index contributed by atoms with van der Waals surface area (Å²) in [5.74, 6) is -2.56. The Balaban J connectivity index is 1.18. The molecular weight excluding hydrogens is 801 g/mol. The minimum absolute atomic E-state index is 0.0317. The van der Waals surface area contributed by atoms with E-state index >= 15 is 0 Å². The Kier molecular flexibility index (Phi) is 15.1. The Morgan fingerprint density at radius 3 is 2.32 bits per heavy atom. The van der Waals surface area contributed by atoms with E-state index in [1.165, 1.54) is 0 Å². The monoisotopic (exact) mass is 872 g/mol. The van der Waals surface area contributed by atoms with Gasteiger partial charge in [-0.15, -0.1) is 0 Å². The lowest BCUT2D eigenvalue weighted by Gasteiger charge is -2.48. The maximum atomic E-state index is 14.3. The van der Waals surface area contributed by atoms with E-state index in [9.17, 15) is 20.1 Å². The topological polar surface area (TPSA) is 170 Å². The molecule has 0 radical (unpaired) electrons. The molecule has 1 unspecified atom stereocenters. The second kappa shape index (κ2) is 19.7. The van der Waals surface area contributed by atoms with Crippen LogP contribution in [0.4, 0.5) is 0 Å². The highest BCUT2D eigenvalue weighted by molar-refractivity contribution is 5.78. The second-order valence-electron chi connectivity index (χ2n) is 19.0. The van der Waals surface area contributed by atoms with Crippen LogP contribution in [-0.2, 0) is 52.2 Å². The summed E-state index contributed by atoms with van der Waals surface area (Å²) in [5.41, 5.74) is 0.134. The van der Waals surface area contributed by atoms with Crippen LogP contribution in [0, 0.1) is 23.7 Å². The molecule has 4 fully saturated rings. The van der Waals surface area contributed by atoms with Crippen LogP contribution in [0.15, 0.2) is 59.3 Å². The smallest absolute Gasteiger partial charge is 0.316 e. The van der Waals surface area contributed by atoms with E-state index in [-0.39, 0.29) is 42.7 Å². The van der Waals surface area contributed by atoms with Crippen LogP contribution in [0.5, 0.6) is 0 Å². The fourth-order valence-corrected chi connectivity index (χ4v) is 10.6. The Hall–Kier alpha value is -2.31. The van der Waals surface area contributed by atoms with Crippen molar-refractivity contribution in [2.24, 2.45) is 23.7 Å². The number of carbonyl (C=O) groups is 1. The molecule has 1 aliphatic carbocycles. The highest BCUT2D eigenvalue weighted by atomic mass is 16.7. The van der Waals surface area contributed by atoms with Crippen LogP contribution in [0.3, 0.4) is 0 Å². The van der Waals surface area contributed by atoms with Crippen molar-refractivity contribution in [1.82, 2.24) is 0 Å². The van der Waals surface area contributed by atoms with Crippen molar-refractivity contribution in [3.05, 3.63) is 59.3 Å². The predicted octanol–water partition coefficient (Wildman–Crippen LogP) is 5.38. The van der Waals surface area contributed by atoms with Crippen LogP contribution >= 0.6 is 0 Å². The average Bonchev–Trinajstić information content (AvgIpc) is 3.58. The van der Waals surface area contributed by atoms with Gasteiger partial charge in [0.1, 0.15) is 42.0 Å². The molecule has 7 aliphatic rings. The fourth-order valence-electron chi connectivity index (χ4n) is 10.6. The lowest BCUT2D eigenvalue weighted by atomic mass is 9.71. The molecular formula is C48H72O14. The van der Waals surface area contributed by atoms with Crippen LogP contribution < -0.4 is 0 Å². The maximum absolute atomic E-state index is 14.3. The number of aliphatic hydroxyl groups excluding tert-OH is 2. The first-order valence-corrected chi connectivity index (χ1v) is 22.9. The van der Waals surface area contributed by atoms with E-state index in [0.717, 1.165) is 12.0 Å². The first-order chi connectivity index (χ1) is 29.5. The van der Waals surface area contributed by atoms with Gasteiger partial charge in [-0.25, -0.2) is 0 Å². The Bertz CT molecular complexity index is 1730. The van der Waals surface area contributed by atoms with E-state index < -0.39 is 90.8 Å². The summed E-state index contributed by atoms with van der Waals surface area (Å²) >= 11 is 0. The molecule has 0 aromatic carbocycles. The minimum Gasteiger partial charge on any atom is -0.462 e. The third-order valence-corrected chi connectivity index (χ3v) is 14.5.